The van der Waals surface area contributed by atoms with Crippen LogP contribution in [-0.2, 0) is 16.1 Å². The van der Waals surface area contributed by atoms with E-state index in [0.717, 1.165) is 18.4 Å². The van der Waals surface area contributed by atoms with Crippen LogP contribution in [0.15, 0.2) is 42.7 Å². The minimum absolute atomic E-state index is 0.0369. The molecular formula is C17H18N2O3. The molecule has 5 nitrogen and oxygen atoms in total. The molecular weight excluding hydrogens is 280 g/mol. The summed E-state index contributed by atoms with van der Waals surface area (Å²) in [6.07, 6.45) is 6.04. The van der Waals surface area contributed by atoms with Gasteiger partial charge >= 0.3 is 5.97 Å². The summed E-state index contributed by atoms with van der Waals surface area (Å²) in [6, 6.07) is 9.08. The summed E-state index contributed by atoms with van der Waals surface area (Å²) in [5.41, 5.74) is 1.52. The topological polar surface area (TPSA) is 61.2 Å². The molecule has 1 saturated carbocycles. The van der Waals surface area contributed by atoms with E-state index in [1.54, 1.807) is 18.3 Å². The number of benzene rings is 1. The highest BCUT2D eigenvalue weighted by molar-refractivity contribution is 5.93. The van der Waals surface area contributed by atoms with Crippen LogP contribution >= 0.6 is 0 Å². The van der Waals surface area contributed by atoms with Gasteiger partial charge in [-0.25, -0.2) is 4.79 Å². The lowest BCUT2D eigenvalue weighted by atomic mass is 9.96. The number of nitrogens with zero attached hydrogens (tertiary/aromatic N) is 2. The molecule has 0 bridgehead atoms. The van der Waals surface area contributed by atoms with E-state index in [2.05, 4.69) is 5.10 Å². The SMILES string of the molecule is O=C(OC1CCCCC1=O)c1ccc(Cn2cccn2)cc1. The van der Waals surface area contributed by atoms with Gasteiger partial charge in [0.05, 0.1) is 12.1 Å². The van der Waals surface area contributed by atoms with Crippen molar-refractivity contribution in [3.63, 3.8) is 0 Å². The molecule has 1 aromatic heterocycles. The standard InChI is InChI=1S/C17H18N2O3/c20-15-4-1-2-5-16(15)22-17(21)14-8-6-13(7-9-14)12-19-11-3-10-18-19/h3,6-11,16H,1-2,4-5,12H2. The lowest BCUT2D eigenvalue weighted by Gasteiger charge is -2.20. The minimum Gasteiger partial charge on any atom is -0.451 e. The van der Waals surface area contributed by atoms with Crippen LogP contribution in [-0.4, -0.2) is 27.6 Å². The van der Waals surface area contributed by atoms with Crippen LogP contribution in [0.3, 0.4) is 0 Å². The Hall–Kier alpha value is -2.43. The Morgan fingerprint density at radius 1 is 1.27 bits per heavy atom. The van der Waals surface area contributed by atoms with E-state index in [4.69, 9.17) is 4.74 Å². The minimum atomic E-state index is -0.565. The molecule has 1 aliphatic carbocycles. The Bertz CT molecular complexity index is 647. The van der Waals surface area contributed by atoms with E-state index in [1.165, 1.54) is 0 Å². The fourth-order valence-electron chi connectivity index (χ4n) is 2.60. The molecule has 1 aromatic carbocycles. The largest absolute Gasteiger partial charge is 0.451 e. The van der Waals surface area contributed by atoms with Gasteiger partial charge in [-0.2, -0.15) is 5.10 Å². The number of ether oxygens (including phenoxy) is 1. The second-order valence-electron chi connectivity index (χ2n) is 5.51. The van der Waals surface area contributed by atoms with Gasteiger partial charge in [-0.05, 0) is 43.0 Å². The smallest absolute Gasteiger partial charge is 0.338 e. The van der Waals surface area contributed by atoms with E-state index >= 15 is 0 Å². The molecule has 0 spiro atoms. The van der Waals surface area contributed by atoms with Crippen molar-refractivity contribution in [2.24, 2.45) is 0 Å². The molecule has 114 valence electrons. The van der Waals surface area contributed by atoms with E-state index < -0.39 is 12.1 Å². The third kappa shape index (κ3) is 3.42. The molecule has 3 rings (SSSR count). The number of carbonyl (C=O) groups excluding carboxylic acids is 2. The van der Waals surface area contributed by atoms with Crippen LogP contribution < -0.4 is 0 Å². The monoisotopic (exact) mass is 298 g/mol. The van der Waals surface area contributed by atoms with Crippen molar-refractivity contribution in [1.29, 1.82) is 0 Å². The van der Waals surface area contributed by atoms with E-state index in [1.807, 2.05) is 29.1 Å². The van der Waals surface area contributed by atoms with Gasteiger partial charge in [0.1, 0.15) is 0 Å². The van der Waals surface area contributed by atoms with Crippen LogP contribution in [0.5, 0.6) is 0 Å². The summed E-state index contributed by atoms with van der Waals surface area (Å²) in [5, 5.41) is 4.14. The van der Waals surface area contributed by atoms with Crippen LogP contribution in [0, 0.1) is 0 Å². The van der Waals surface area contributed by atoms with E-state index in [-0.39, 0.29) is 5.78 Å². The van der Waals surface area contributed by atoms with Crippen LogP contribution in [0.25, 0.3) is 0 Å². The van der Waals surface area contributed by atoms with Gasteiger partial charge in [0.25, 0.3) is 0 Å². The van der Waals surface area contributed by atoms with Gasteiger partial charge in [-0.1, -0.05) is 12.1 Å². The van der Waals surface area contributed by atoms with Crippen LogP contribution in [0.1, 0.15) is 41.6 Å². The van der Waals surface area contributed by atoms with Crippen molar-refractivity contribution < 1.29 is 14.3 Å². The molecule has 0 radical (unpaired) electrons. The number of aromatic nitrogens is 2. The molecule has 1 atom stereocenters. The van der Waals surface area contributed by atoms with Crippen molar-refractivity contribution in [3.05, 3.63) is 53.9 Å². The van der Waals surface area contributed by atoms with Gasteiger partial charge < -0.3 is 4.74 Å². The number of hydrogen-bond donors (Lipinski definition) is 0. The Morgan fingerprint density at radius 2 is 2.09 bits per heavy atom. The number of rotatable bonds is 4. The first-order valence-corrected chi connectivity index (χ1v) is 7.52. The first kappa shape index (κ1) is 14.5. The van der Waals surface area contributed by atoms with Crippen LogP contribution in [0.2, 0.25) is 0 Å². The lowest BCUT2D eigenvalue weighted by molar-refractivity contribution is -0.129. The third-order valence-corrected chi connectivity index (χ3v) is 3.84. The molecule has 0 amide bonds. The molecule has 0 saturated heterocycles. The predicted octanol–water partition coefficient (Wildman–Crippen LogP) is 2.60. The zero-order valence-corrected chi connectivity index (χ0v) is 12.3. The summed E-state index contributed by atoms with van der Waals surface area (Å²) in [7, 11) is 0. The zero-order chi connectivity index (χ0) is 15.4. The highest BCUT2D eigenvalue weighted by Gasteiger charge is 2.26. The van der Waals surface area contributed by atoms with Crippen molar-refractivity contribution in [2.45, 2.75) is 38.3 Å². The quantitative estimate of drug-likeness (QED) is 0.814. The number of carbonyl (C=O) groups is 2. The molecule has 1 fully saturated rings. The third-order valence-electron chi connectivity index (χ3n) is 3.84. The molecule has 0 N–H and O–H groups in total. The maximum Gasteiger partial charge on any atom is 0.338 e. The fraction of sp³-hybridized carbons (Fsp3) is 0.353. The van der Waals surface area contributed by atoms with Gasteiger partial charge in [0.2, 0.25) is 0 Å². The van der Waals surface area contributed by atoms with E-state index in [9.17, 15) is 9.59 Å². The number of esters is 1. The maximum absolute atomic E-state index is 12.1. The Balaban J connectivity index is 1.62. The van der Waals surface area contributed by atoms with Gasteiger partial charge in [0.15, 0.2) is 11.9 Å². The fourth-order valence-corrected chi connectivity index (χ4v) is 2.60. The highest BCUT2D eigenvalue weighted by atomic mass is 16.5. The molecule has 22 heavy (non-hydrogen) atoms. The van der Waals surface area contributed by atoms with Gasteiger partial charge in [0, 0.05) is 18.8 Å². The van der Waals surface area contributed by atoms with Crippen molar-refractivity contribution in [3.8, 4) is 0 Å². The molecule has 0 aliphatic heterocycles. The summed E-state index contributed by atoms with van der Waals surface area (Å²) >= 11 is 0. The normalized spacial score (nSPS) is 18.2. The maximum atomic E-state index is 12.1. The van der Waals surface area contributed by atoms with Crippen molar-refractivity contribution in [2.75, 3.05) is 0 Å². The Kier molecular flexibility index (Phi) is 4.32. The Labute approximate surface area is 128 Å². The molecule has 5 heteroatoms. The number of Topliss-reactive ketones (excluding diaryl/α,β-unsaturated/α-hetero) is 1. The average molecular weight is 298 g/mol. The zero-order valence-electron chi connectivity index (χ0n) is 12.3. The first-order chi connectivity index (χ1) is 10.7. The number of hydrogen-bond acceptors (Lipinski definition) is 4. The van der Waals surface area contributed by atoms with Gasteiger partial charge in [-0.3, -0.25) is 9.48 Å². The first-order valence-electron chi connectivity index (χ1n) is 7.52. The molecule has 1 unspecified atom stereocenters. The molecule has 1 heterocycles. The van der Waals surface area contributed by atoms with Crippen LogP contribution in [0.4, 0.5) is 0 Å². The van der Waals surface area contributed by atoms with Crippen molar-refractivity contribution >= 4 is 11.8 Å². The summed E-state index contributed by atoms with van der Waals surface area (Å²) < 4.78 is 7.14. The predicted molar refractivity (Wildman–Crippen MR) is 80.4 cm³/mol. The second-order valence-corrected chi connectivity index (χ2v) is 5.51. The number of ketones is 1. The summed E-state index contributed by atoms with van der Waals surface area (Å²) in [6.45, 7) is 0.656. The summed E-state index contributed by atoms with van der Waals surface area (Å²) in [5.74, 6) is -0.388. The molecule has 1 aliphatic rings. The lowest BCUT2D eigenvalue weighted by Crippen LogP contribution is -2.30. The van der Waals surface area contributed by atoms with Gasteiger partial charge in [-0.15, -0.1) is 0 Å². The molecule has 2 aromatic rings. The van der Waals surface area contributed by atoms with Crippen molar-refractivity contribution in [1.82, 2.24) is 9.78 Å². The highest BCUT2D eigenvalue weighted by Crippen LogP contribution is 2.19. The average Bonchev–Trinajstić information content (AvgIpc) is 3.03. The summed E-state index contributed by atoms with van der Waals surface area (Å²) in [4.78, 5) is 23.8. The Morgan fingerprint density at radius 3 is 2.77 bits per heavy atom. The van der Waals surface area contributed by atoms with E-state index in [0.29, 0.717) is 24.9 Å². The second kappa shape index (κ2) is 6.56.